The van der Waals surface area contributed by atoms with Crippen LogP contribution >= 0.6 is 0 Å². The lowest BCUT2D eigenvalue weighted by Crippen LogP contribution is -2.38. The van der Waals surface area contributed by atoms with Crippen LogP contribution in [0.1, 0.15) is 64.4 Å². The Kier molecular flexibility index (Phi) is 9.75. The van der Waals surface area contributed by atoms with E-state index in [0.717, 1.165) is 74.8 Å². The Balaban J connectivity index is 1.43. The Labute approximate surface area is 193 Å². The summed E-state index contributed by atoms with van der Waals surface area (Å²) in [6.45, 7) is 7.61. The molecule has 1 aromatic heterocycles. The van der Waals surface area contributed by atoms with Crippen molar-refractivity contribution in [3.05, 3.63) is 36.0 Å². The second kappa shape index (κ2) is 12.5. The molecule has 2 aromatic rings. The first kappa shape index (κ1) is 24.9. The van der Waals surface area contributed by atoms with Crippen LogP contribution in [0.25, 0.3) is 10.9 Å². The molecule has 1 N–H and O–H groups in total. The predicted octanol–water partition coefficient (Wildman–Crippen LogP) is 4.53. The molecule has 0 spiro atoms. The maximum Gasteiger partial charge on any atom is 0.211 e. The molecule has 32 heavy (non-hydrogen) atoms. The third-order valence-corrected chi connectivity index (χ3v) is 7.63. The van der Waals surface area contributed by atoms with Crippen LogP contribution in [0.3, 0.4) is 0 Å². The van der Waals surface area contributed by atoms with Crippen LogP contribution in [0.2, 0.25) is 0 Å². The fourth-order valence-corrected chi connectivity index (χ4v) is 4.89. The average molecular weight is 462 g/mol. The summed E-state index contributed by atoms with van der Waals surface area (Å²) in [7, 11) is -3.06. The molecule has 0 bridgehead atoms. The summed E-state index contributed by atoms with van der Waals surface area (Å²) in [4.78, 5) is 7.09. The van der Waals surface area contributed by atoms with Crippen LogP contribution in [0.4, 0.5) is 0 Å². The first-order chi connectivity index (χ1) is 15.5. The number of ether oxygens (including phenoxy) is 1. The van der Waals surface area contributed by atoms with E-state index in [1.807, 2.05) is 12.3 Å². The molecule has 7 heteroatoms. The third kappa shape index (κ3) is 7.71. The van der Waals surface area contributed by atoms with E-state index in [4.69, 9.17) is 4.74 Å². The van der Waals surface area contributed by atoms with Crippen LogP contribution in [-0.4, -0.2) is 56.3 Å². The smallest absolute Gasteiger partial charge is 0.211 e. The molecule has 0 saturated carbocycles. The number of nitrogens with one attached hydrogen (secondary N) is 1. The van der Waals surface area contributed by atoms with Crippen molar-refractivity contribution in [2.45, 2.75) is 71.3 Å². The highest BCUT2D eigenvalue weighted by Gasteiger charge is 2.21. The van der Waals surface area contributed by atoms with Gasteiger partial charge < -0.3 is 9.64 Å². The highest BCUT2D eigenvalue weighted by Crippen LogP contribution is 2.29. The number of benzene rings is 1. The van der Waals surface area contributed by atoms with Gasteiger partial charge in [-0.2, -0.15) is 0 Å². The second-order valence-electron chi connectivity index (χ2n) is 8.79. The number of pyridine rings is 1. The van der Waals surface area contributed by atoms with Crippen LogP contribution in [0.5, 0.6) is 5.75 Å². The SMILES string of the molecule is CCCCc1cc(OC2CCN(CCCCCNS(=O)(=O)CC)CC2)c2ncccc2c1. The van der Waals surface area contributed by atoms with Crippen LogP contribution in [-0.2, 0) is 16.4 Å². The van der Waals surface area contributed by atoms with E-state index in [0.29, 0.717) is 6.54 Å². The van der Waals surface area contributed by atoms with Gasteiger partial charge in [-0.25, -0.2) is 13.1 Å². The van der Waals surface area contributed by atoms with Crippen molar-refractivity contribution in [1.29, 1.82) is 0 Å². The third-order valence-electron chi connectivity index (χ3n) is 6.23. The van der Waals surface area contributed by atoms with Gasteiger partial charge in [-0.15, -0.1) is 0 Å². The van der Waals surface area contributed by atoms with E-state index in [1.54, 1.807) is 6.92 Å². The number of sulfonamides is 1. The van der Waals surface area contributed by atoms with E-state index in [-0.39, 0.29) is 11.9 Å². The number of piperidine rings is 1. The predicted molar refractivity (Wildman–Crippen MR) is 132 cm³/mol. The van der Waals surface area contributed by atoms with E-state index < -0.39 is 10.0 Å². The minimum absolute atomic E-state index is 0.152. The molecule has 1 fully saturated rings. The van der Waals surface area contributed by atoms with Gasteiger partial charge in [0.15, 0.2) is 0 Å². The van der Waals surface area contributed by atoms with Gasteiger partial charge in [0, 0.05) is 31.2 Å². The van der Waals surface area contributed by atoms with Gasteiger partial charge in [0.25, 0.3) is 0 Å². The molecule has 1 saturated heterocycles. The van der Waals surface area contributed by atoms with Crippen molar-refractivity contribution in [2.24, 2.45) is 0 Å². The Morgan fingerprint density at radius 3 is 2.69 bits per heavy atom. The van der Waals surface area contributed by atoms with Crippen molar-refractivity contribution in [2.75, 3.05) is 31.9 Å². The number of likely N-dealkylation sites (tertiary alicyclic amines) is 1. The number of unbranched alkanes of at least 4 members (excludes halogenated alkanes) is 3. The molecular weight excluding hydrogens is 422 g/mol. The Hall–Kier alpha value is -1.70. The van der Waals surface area contributed by atoms with Crippen molar-refractivity contribution < 1.29 is 13.2 Å². The molecule has 178 valence electrons. The number of nitrogens with zero attached hydrogens (tertiary/aromatic N) is 2. The summed E-state index contributed by atoms with van der Waals surface area (Å²) in [5, 5.41) is 1.16. The van der Waals surface area contributed by atoms with E-state index in [9.17, 15) is 8.42 Å². The molecule has 3 rings (SSSR count). The zero-order valence-corrected chi connectivity index (χ0v) is 20.5. The van der Waals surface area contributed by atoms with E-state index in [2.05, 4.69) is 39.7 Å². The lowest BCUT2D eigenvalue weighted by Gasteiger charge is -2.32. The van der Waals surface area contributed by atoms with Gasteiger partial charge >= 0.3 is 0 Å². The highest BCUT2D eigenvalue weighted by molar-refractivity contribution is 7.89. The van der Waals surface area contributed by atoms with Gasteiger partial charge in [-0.3, -0.25) is 4.98 Å². The van der Waals surface area contributed by atoms with Gasteiger partial charge in [0.2, 0.25) is 10.0 Å². The van der Waals surface area contributed by atoms with Crippen LogP contribution in [0.15, 0.2) is 30.5 Å². The molecule has 0 atom stereocenters. The number of hydrogen-bond donors (Lipinski definition) is 1. The topological polar surface area (TPSA) is 71.5 Å². The molecule has 0 radical (unpaired) electrons. The zero-order valence-electron chi connectivity index (χ0n) is 19.7. The van der Waals surface area contributed by atoms with Gasteiger partial charge in [0.1, 0.15) is 17.4 Å². The standard InChI is InChI=1S/C25H39N3O3S/c1-3-5-10-21-19-22-11-9-14-26-25(22)24(20-21)31-23-12-17-28(18-13-23)16-8-6-7-15-27-32(29,30)4-2/h9,11,14,19-20,23,27H,3-8,10,12-13,15-18H2,1-2H3. The number of hydrogen-bond acceptors (Lipinski definition) is 5. The van der Waals surface area contributed by atoms with Crippen LogP contribution < -0.4 is 9.46 Å². The second-order valence-corrected chi connectivity index (χ2v) is 10.9. The van der Waals surface area contributed by atoms with Crippen molar-refractivity contribution >= 4 is 20.9 Å². The molecule has 1 aromatic carbocycles. The number of aromatic nitrogens is 1. The van der Waals surface area contributed by atoms with Gasteiger partial charge in [0.05, 0.1) is 5.75 Å². The number of rotatable bonds is 13. The minimum atomic E-state index is -3.06. The molecule has 1 aliphatic rings. The van der Waals surface area contributed by atoms with Gasteiger partial charge in [-0.1, -0.05) is 25.8 Å². The molecule has 6 nitrogen and oxygen atoms in total. The number of fused-ring (bicyclic) bond motifs is 1. The molecule has 1 aliphatic heterocycles. The highest BCUT2D eigenvalue weighted by atomic mass is 32.2. The summed E-state index contributed by atoms with van der Waals surface area (Å²) in [6.07, 6.45) is 10.6. The molecule has 2 heterocycles. The molecule has 0 aliphatic carbocycles. The zero-order chi connectivity index (χ0) is 22.8. The summed E-state index contributed by atoms with van der Waals surface area (Å²) in [5.74, 6) is 1.08. The first-order valence-electron chi connectivity index (χ1n) is 12.2. The maximum absolute atomic E-state index is 11.4. The Morgan fingerprint density at radius 1 is 1.12 bits per heavy atom. The molecular formula is C25H39N3O3S. The van der Waals surface area contributed by atoms with Gasteiger partial charge in [-0.05, 0) is 75.8 Å². The van der Waals surface area contributed by atoms with E-state index in [1.165, 1.54) is 18.4 Å². The monoisotopic (exact) mass is 461 g/mol. The maximum atomic E-state index is 11.4. The lowest BCUT2D eigenvalue weighted by molar-refractivity contribution is 0.101. The van der Waals surface area contributed by atoms with Crippen molar-refractivity contribution in [3.8, 4) is 5.75 Å². The summed E-state index contributed by atoms with van der Waals surface area (Å²) in [6, 6.07) is 8.57. The summed E-state index contributed by atoms with van der Waals surface area (Å²) >= 11 is 0. The Morgan fingerprint density at radius 2 is 1.94 bits per heavy atom. The fraction of sp³-hybridized carbons (Fsp3) is 0.640. The normalized spacial score (nSPS) is 15.9. The summed E-state index contributed by atoms with van der Waals surface area (Å²) < 4.78 is 32.0. The molecule has 0 unspecified atom stereocenters. The van der Waals surface area contributed by atoms with Crippen molar-refractivity contribution in [3.63, 3.8) is 0 Å². The molecule has 0 amide bonds. The van der Waals surface area contributed by atoms with Crippen molar-refractivity contribution in [1.82, 2.24) is 14.6 Å². The summed E-state index contributed by atoms with van der Waals surface area (Å²) in [5.41, 5.74) is 2.30. The quantitative estimate of drug-likeness (QED) is 0.444. The first-order valence-corrected chi connectivity index (χ1v) is 13.9. The minimum Gasteiger partial charge on any atom is -0.488 e. The average Bonchev–Trinajstić information content (AvgIpc) is 2.81. The number of aryl methyl sites for hydroxylation is 1. The Bertz CT molecular complexity index is 941. The fourth-order valence-electron chi connectivity index (χ4n) is 4.23. The van der Waals surface area contributed by atoms with E-state index >= 15 is 0 Å². The van der Waals surface area contributed by atoms with Crippen LogP contribution in [0, 0.1) is 0 Å². The lowest BCUT2D eigenvalue weighted by atomic mass is 10.0. The largest absolute Gasteiger partial charge is 0.488 e.